The molecule has 0 saturated heterocycles. The number of aryl methyl sites for hydroxylation is 4. The third-order valence-electron chi connectivity index (χ3n) is 4.68. The summed E-state index contributed by atoms with van der Waals surface area (Å²) >= 11 is 1.64. The number of hydrogen-bond acceptors (Lipinski definition) is 3. The summed E-state index contributed by atoms with van der Waals surface area (Å²) in [5, 5.41) is 3.75. The molecule has 0 unspecified atom stereocenters. The van der Waals surface area contributed by atoms with Crippen LogP contribution in [0.3, 0.4) is 0 Å². The van der Waals surface area contributed by atoms with Gasteiger partial charge in [-0.3, -0.25) is 10.1 Å². The highest BCUT2D eigenvalue weighted by Crippen LogP contribution is 2.30. The zero-order chi connectivity index (χ0) is 14.9. The first-order valence-corrected chi connectivity index (χ1v) is 9.03. The van der Waals surface area contributed by atoms with Crippen LogP contribution in [0, 0.1) is 0 Å². The molecule has 0 bridgehead atoms. The highest BCUT2D eigenvalue weighted by molar-refractivity contribution is 7.15. The van der Waals surface area contributed by atoms with Crippen molar-refractivity contribution in [2.24, 2.45) is 0 Å². The van der Waals surface area contributed by atoms with Gasteiger partial charge in [-0.25, -0.2) is 4.98 Å². The van der Waals surface area contributed by atoms with E-state index in [0.29, 0.717) is 0 Å². The topological polar surface area (TPSA) is 42.0 Å². The Morgan fingerprint density at radius 2 is 1.77 bits per heavy atom. The van der Waals surface area contributed by atoms with Crippen molar-refractivity contribution in [1.82, 2.24) is 4.98 Å². The number of thiazole rings is 1. The highest BCUT2D eigenvalue weighted by Gasteiger charge is 2.18. The maximum Gasteiger partial charge on any atom is 0.257 e. The van der Waals surface area contributed by atoms with Crippen molar-refractivity contribution >= 4 is 22.4 Å². The zero-order valence-electron chi connectivity index (χ0n) is 12.7. The van der Waals surface area contributed by atoms with E-state index in [-0.39, 0.29) is 5.91 Å². The van der Waals surface area contributed by atoms with Gasteiger partial charge < -0.3 is 0 Å². The first-order valence-electron chi connectivity index (χ1n) is 8.21. The fourth-order valence-electron chi connectivity index (χ4n) is 3.45. The second-order valence-electron chi connectivity index (χ2n) is 6.24. The first kappa shape index (κ1) is 13.9. The Hall–Kier alpha value is -1.68. The first-order chi connectivity index (χ1) is 10.8. The van der Waals surface area contributed by atoms with Crippen LogP contribution in [0.2, 0.25) is 0 Å². The lowest BCUT2D eigenvalue weighted by atomic mass is 9.90. The van der Waals surface area contributed by atoms with E-state index < -0.39 is 0 Å². The molecule has 3 nitrogen and oxygen atoms in total. The summed E-state index contributed by atoms with van der Waals surface area (Å²) in [6.45, 7) is 0. The molecule has 1 aromatic carbocycles. The smallest absolute Gasteiger partial charge is 0.257 e. The van der Waals surface area contributed by atoms with E-state index in [4.69, 9.17) is 0 Å². The standard InChI is InChI=1S/C18H20N2OS/c21-17(14-10-9-12-5-1-2-6-13(12)11-14)20-18-19-15-7-3-4-8-16(15)22-18/h9-11H,1-8H2,(H,19,20,21). The number of nitrogens with zero attached hydrogens (tertiary/aromatic N) is 1. The number of aromatic nitrogens is 1. The third kappa shape index (κ3) is 2.68. The van der Waals surface area contributed by atoms with Crippen LogP contribution in [0.4, 0.5) is 5.13 Å². The number of benzene rings is 1. The van der Waals surface area contributed by atoms with E-state index >= 15 is 0 Å². The second-order valence-corrected chi connectivity index (χ2v) is 7.32. The Labute approximate surface area is 134 Å². The van der Waals surface area contributed by atoms with Crippen molar-refractivity contribution < 1.29 is 4.79 Å². The van der Waals surface area contributed by atoms with Crippen LogP contribution in [0.15, 0.2) is 18.2 Å². The molecule has 0 aliphatic heterocycles. The number of carbonyl (C=O) groups is 1. The van der Waals surface area contributed by atoms with E-state index in [1.54, 1.807) is 11.3 Å². The fraction of sp³-hybridized carbons (Fsp3) is 0.444. The van der Waals surface area contributed by atoms with Crippen molar-refractivity contribution in [2.45, 2.75) is 51.4 Å². The van der Waals surface area contributed by atoms with Gasteiger partial charge in [-0.1, -0.05) is 6.07 Å². The predicted octanol–water partition coefficient (Wildman–Crippen LogP) is 4.15. The number of fused-ring (bicyclic) bond motifs is 2. The molecule has 2 aliphatic carbocycles. The minimum atomic E-state index is -0.0283. The molecule has 0 atom stereocenters. The van der Waals surface area contributed by atoms with Gasteiger partial charge in [0.25, 0.3) is 5.91 Å². The summed E-state index contributed by atoms with van der Waals surface area (Å²) in [7, 11) is 0. The molecule has 4 heteroatoms. The van der Waals surface area contributed by atoms with Crippen molar-refractivity contribution in [1.29, 1.82) is 0 Å². The van der Waals surface area contributed by atoms with Crippen molar-refractivity contribution in [2.75, 3.05) is 5.32 Å². The van der Waals surface area contributed by atoms with Crippen molar-refractivity contribution in [3.8, 4) is 0 Å². The highest BCUT2D eigenvalue weighted by atomic mass is 32.1. The monoisotopic (exact) mass is 312 g/mol. The van der Waals surface area contributed by atoms with Crippen molar-refractivity contribution in [3.05, 3.63) is 45.5 Å². The summed E-state index contributed by atoms with van der Waals surface area (Å²) < 4.78 is 0. The molecular weight excluding hydrogens is 292 g/mol. The van der Waals surface area contributed by atoms with E-state index in [1.165, 1.54) is 47.4 Å². The van der Waals surface area contributed by atoms with E-state index in [2.05, 4.69) is 22.4 Å². The van der Waals surface area contributed by atoms with E-state index in [1.807, 2.05) is 6.07 Å². The molecule has 0 saturated carbocycles. The molecule has 114 valence electrons. The van der Waals surface area contributed by atoms with Gasteiger partial charge in [-0.2, -0.15) is 0 Å². The lowest BCUT2D eigenvalue weighted by Crippen LogP contribution is -2.13. The predicted molar refractivity (Wildman–Crippen MR) is 89.8 cm³/mol. The van der Waals surface area contributed by atoms with Crippen LogP contribution < -0.4 is 5.32 Å². The lowest BCUT2D eigenvalue weighted by Gasteiger charge is -2.16. The lowest BCUT2D eigenvalue weighted by molar-refractivity contribution is 0.102. The molecule has 22 heavy (non-hydrogen) atoms. The molecule has 2 aromatic rings. The van der Waals surface area contributed by atoms with Gasteiger partial charge in [-0.15, -0.1) is 11.3 Å². The van der Waals surface area contributed by atoms with Gasteiger partial charge in [0.1, 0.15) is 0 Å². The van der Waals surface area contributed by atoms with E-state index in [9.17, 15) is 4.79 Å². The second kappa shape index (κ2) is 5.84. The number of nitrogens with one attached hydrogen (secondary N) is 1. The van der Waals surface area contributed by atoms with Crippen molar-refractivity contribution in [3.63, 3.8) is 0 Å². The normalized spacial score (nSPS) is 16.7. The van der Waals surface area contributed by atoms with Gasteiger partial charge in [0.2, 0.25) is 0 Å². The maximum atomic E-state index is 12.5. The van der Waals surface area contributed by atoms with Gasteiger partial charge in [0.05, 0.1) is 5.69 Å². The van der Waals surface area contributed by atoms with Gasteiger partial charge in [0.15, 0.2) is 5.13 Å². The Balaban J connectivity index is 1.53. The van der Waals surface area contributed by atoms with Gasteiger partial charge in [0, 0.05) is 10.4 Å². The number of hydrogen-bond donors (Lipinski definition) is 1. The average Bonchev–Trinajstić information content (AvgIpc) is 2.96. The van der Waals surface area contributed by atoms with E-state index in [0.717, 1.165) is 36.4 Å². The number of carbonyl (C=O) groups excluding carboxylic acids is 1. The molecule has 2 aliphatic rings. The van der Waals surface area contributed by atoms with Crippen LogP contribution in [-0.4, -0.2) is 10.9 Å². The Morgan fingerprint density at radius 3 is 2.64 bits per heavy atom. The summed E-state index contributed by atoms with van der Waals surface area (Å²) in [4.78, 5) is 18.4. The molecule has 0 spiro atoms. The van der Waals surface area contributed by atoms with Gasteiger partial charge >= 0.3 is 0 Å². The average molecular weight is 312 g/mol. The van der Waals surface area contributed by atoms with Crippen LogP contribution in [0.25, 0.3) is 0 Å². The maximum absolute atomic E-state index is 12.5. The molecule has 1 N–H and O–H groups in total. The minimum absolute atomic E-state index is 0.0283. The molecule has 0 fully saturated rings. The summed E-state index contributed by atoms with van der Waals surface area (Å²) in [5.41, 5.74) is 4.70. The number of amides is 1. The van der Waals surface area contributed by atoms with Crippen LogP contribution in [-0.2, 0) is 25.7 Å². The fourth-order valence-corrected chi connectivity index (χ4v) is 4.49. The molecule has 0 radical (unpaired) electrons. The Bertz CT molecular complexity index is 696. The number of rotatable bonds is 2. The third-order valence-corrected chi connectivity index (χ3v) is 5.75. The number of anilines is 1. The van der Waals surface area contributed by atoms with Crippen LogP contribution >= 0.6 is 11.3 Å². The molecule has 4 rings (SSSR count). The zero-order valence-corrected chi connectivity index (χ0v) is 13.5. The van der Waals surface area contributed by atoms with Gasteiger partial charge in [-0.05, 0) is 74.6 Å². The molecular formula is C18H20N2OS. The summed E-state index contributed by atoms with van der Waals surface area (Å²) in [5.74, 6) is -0.0283. The molecule has 1 heterocycles. The summed E-state index contributed by atoms with van der Waals surface area (Å²) in [6.07, 6.45) is 9.38. The van der Waals surface area contributed by atoms with Crippen LogP contribution in [0.1, 0.15) is 57.7 Å². The molecule has 1 aromatic heterocycles. The van der Waals surface area contributed by atoms with Crippen LogP contribution in [0.5, 0.6) is 0 Å². The minimum Gasteiger partial charge on any atom is -0.298 e. The summed E-state index contributed by atoms with van der Waals surface area (Å²) in [6, 6.07) is 6.14. The quantitative estimate of drug-likeness (QED) is 0.905. The Morgan fingerprint density at radius 1 is 1.00 bits per heavy atom. The Kier molecular flexibility index (Phi) is 3.70. The molecule has 1 amide bonds. The SMILES string of the molecule is O=C(Nc1nc2c(s1)CCCC2)c1ccc2c(c1)CCCC2. The largest absolute Gasteiger partial charge is 0.298 e.